The Bertz CT molecular complexity index is 198. The molecule has 0 aliphatic carbocycles. The van der Waals surface area contributed by atoms with Crippen molar-refractivity contribution in [1.82, 2.24) is 5.32 Å². The third kappa shape index (κ3) is 6.00. The lowest BCUT2D eigenvalue weighted by Gasteiger charge is -2.14. The highest BCUT2D eigenvalue weighted by Crippen LogP contribution is 2.04. The lowest BCUT2D eigenvalue weighted by Crippen LogP contribution is -2.33. The first-order chi connectivity index (χ1) is 6.10. The Morgan fingerprint density at radius 2 is 2.23 bits per heavy atom. The average molecular weight is 185 g/mol. The van der Waals surface area contributed by atoms with E-state index in [0.29, 0.717) is 19.3 Å². The first-order valence-corrected chi connectivity index (χ1v) is 4.23. The predicted molar refractivity (Wildman–Crippen MR) is 49.3 cm³/mol. The molecule has 0 aromatic heterocycles. The van der Waals surface area contributed by atoms with Gasteiger partial charge in [0.15, 0.2) is 0 Å². The van der Waals surface area contributed by atoms with Crippen molar-refractivity contribution in [3.05, 3.63) is 0 Å². The van der Waals surface area contributed by atoms with Gasteiger partial charge in [0.05, 0.1) is 0 Å². The van der Waals surface area contributed by atoms with Crippen LogP contribution in [0.3, 0.4) is 0 Å². The zero-order valence-corrected chi connectivity index (χ0v) is 7.66. The number of aliphatic hydroxyl groups is 1. The van der Waals surface area contributed by atoms with Gasteiger partial charge in [-0.2, -0.15) is 0 Å². The summed E-state index contributed by atoms with van der Waals surface area (Å²) in [5.74, 6) is 2.18. The number of carbonyl (C=O) groups is 1. The minimum Gasteiger partial charge on any atom is -0.465 e. The molecule has 1 amide bonds. The van der Waals surface area contributed by atoms with Crippen molar-refractivity contribution in [3.8, 4) is 12.3 Å². The van der Waals surface area contributed by atoms with Gasteiger partial charge in [-0.05, 0) is 19.3 Å². The molecule has 0 rings (SSSR count). The summed E-state index contributed by atoms with van der Waals surface area (Å²) in [6.45, 7) is 1.88. The fraction of sp³-hybridized carbons (Fsp3) is 0.667. The average Bonchev–Trinajstić information content (AvgIpc) is 2.10. The Morgan fingerprint density at radius 1 is 1.62 bits per heavy atom. The first kappa shape index (κ1) is 11.8. The van der Waals surface area contributed by atoms with Gasteiger partial charge in [-0.3, -0.25) is 0 Å². The summed E-state index contributed by atoms with van der Waals surface area (Å²) in [7, 11) is 0. The maximum atomic E-state index is 10.3. The topological polar surface area (TPSA) is 69.6 Å². The number of hydrogen-bond acceptors (Lipinski definition) is 2. The molecule has 4 heteroatoms. The summed E-state index contributed by atoms with van der Waals surface area (Å²) in [6, 6.07) is -0.125. The van der Waals surface area contributed by atoms with Gasteiger partial charge in [-0.1, -0.05) is 12.8 Å². The van der Waals surface area contributed by atoms with Crippen molar-refractivity contribution >= 4 is 6.09 Å². The van der Waals surface area contributed by atoms with Crippen LogP contribution in [0.25, 0.3) is 0 Å². The third-order valence-corrected chi connectivity index (χ3v) is 1.80. The molecule has 0 radical (unpaired) electrons. The van der Waals surface area contributed by atoms with Gasteiger partial charge in [0.25, 0.3) is 0 Å². The summed E-state index contributed by atoms with van der Waals surface area (Å²) < 4.78 is 0. The van der Waals surface area contributed by atoms with E-state index in [1.807, 2.05) is 6.92 Å². The van der Waals surface area contributed by atoms with Gasteiger partial charge in [0.2, 0.25) is 0 Å². The second kappa shape index (κ2) is 6.32. The van der Waals surface area contributed by atoms with E-state index < -0.39 is 12.2 Å². The van der Waals surface area contributed by atoms with Gasteiger partial charge >= 0.3 is 6.09 Å². The van der Waals surface area contributed by atoms with E-state index in [-0.39, 0.29) is 6.04 Å². The molecule has 4 nitrogen and oxygen atoms in total. The molecule has 3 N–H and O–H groups in total. The Kier molecular flexibility index (Phi) is 5.73. The summed E-state index contributed by atoms with van der Waals surface area (Å²) in [6.07, 6.45) is 4.84. The minimum atomic E-state index is -1.04. The summed E-state index contributed by atoms with van der Waals surface area (Å²) in [5.41, 5.74) is 0. The highest BCUT2D eigenvalue weighted by Gasteiger charge is 2.10. The van der Waals surface area contributed by atoms with Gasteiger partial charge in [0, 0.05) is 6.04 Å². The van der Waals surface area contributed by atoms with Crippen LogP contribution in [0.15, 0.2) is 0 Å². The molecule has 0 heterocycles. The second-order valence-electron chi connectivity index (χ2n) is 2.81. The highest BCUT2D eigenvalue weighted by molar-refractivity contribution is 5.64. The van der Waals surface area contributed by atoms with E-state index in [4.69, 9.17) is 16.6 Å². The molecule has 0 saturated carbocycles. The van der Waals surface area contributed by atoms with E-state index in [9.17, 15) is 4.79 Å². The number of amides is 1. The normalized spacial score (nSPS) is 14.2. The van der Waals surface area contributed by atoms with Crippen LogP contribution < -0.4 is 5.32 Å². The van der Waals surface area contributed by atoms with Crippen LogP contribution in [0, 0.1) is 12.3 Å². The molecule has 0 bridgehead atoms. The van der Waals surface area contributed by atoms with Crippen molar-refractivity contribution in [1.29, 1.82) is 0 Å². The fourth-order valence-electron chi connectivity index (χ4n) is 0.995. The number of hydrogen-bond donors (Lipinski definition) is 3. The molecule has 0 spiro atoms. The smallest absolute Gasteiger partial charge is 0.404 e. The van der Waals surface area contributed by atoms with Crippen LogP contribution in [-0.2, 0) is 0 Å². The molecule has 0 aliphatic rings. The first-order valence-electron chi connectivity index (χ1n) is 4.23. The Labute approximate surface area is 78.0 Å². The molecular formula is C9H15NO3. The molecule has 0 aliphatic heterocycles. The van der Waals surface area contributed by atoms with Crippen LogP contribution in [0.1, 0.15) is 26.2 Å². The monoisotopic (exact) mass is 185 g/mol. The third-order valence-electron chi connectivity index (χ3n) is 1.80. The molecule has 0 aromatic carbocycles. The molecule has 13 heavy (non-hydrogen) atoms. The molecular weight excluding hydrogens is 170 g/mol. The van der Waals surface area contributed by atoms with E-state index in [0.717, 1.165) is 0 Å². The Hall–Kier alpha value is -1.21. The number of rotatable bonds is 5. The van der Waals surface area contributed by atoms with Crippen molar-refractivity contribution in [2.75, 3.05) is 0 Å². The van der Waals surface area contributed by atoms with E-state index in [2.05, 4.69) is 11.2 Å². The van der Waals surface area contributed by atoms with Crippen LogP contribution in [-0.4, -0.2) is 28.5 Å². The fourth-order valence-corrected chi connectivity index (χ4v) is 0.995. The van der Waals surface area contributed by atoms with Gasteiger partial charge < -0.3 is 15.5 Å². The quantitative estimate of drug-likeness (QED) is 0.555. The predicted octanol–water partition coefficient (Wildman–Crippen LogP) is 0.807. The summed E-state index contributed by atoms with van der Waals surface area (Å²) >= 11 is 0. The van der Waals surface area contributed by atoms with Crippen LogP contribution in [0.4, 0.5) is 4.79 Å². The SMILES string of the molecule is C#CC(O)CC[C@H](CC)NC(=O)O. The van der Waals surface area contributed by atoms with E-state index in [1.165, 1.54) is 0 Å². The van der Waals surface area contributed by atoms with Crippen LogP contribution >= 0.6 is 0 Å². The van der Waals surface area contributed by atoms with Crippen LogP contribution in [0.2, 0.25) is 0 Å². The summed E-state index contributed by atoms with van der Waals surface area (Å²) in [4.78, 5) is 10.3. The number of nitrogens with one attached hydrogen (secondary N) is 1. The Balaban J connectivity index is 3.73. The zero-order valence-electron chi connectivity index (χ0n) is 7.66. The molecule has 74 valence electrons. The second-order valence-corrected chi connectivity index (χ2v) is 2.81. The van der Waals surface area contributed by atoms with Crippen molar-refractivity contribution < 1.29 is 15.0 Å². The number of aliphatic hydroxyl groups excluding tert-OH is 1. The van der Waals surface area contributed by atoms with Crippen molar-refractivity contribution in [2.24, 2.45) is 0 Å². The molecule has 0 aromatic rings. The standard InChI is InChI=1S/C9H15NO3/c1-3-7(10-9(12)13)5-6-8(11)4-2/h2,7-8,10-11H,3,5-6H2,1H3,(H,12,13)/t7-,8?/m0/s1. The van der Waals surface area contributed by atoms with Crippen LogP contribution in [0.5, 0.6) is 0 Å². The zero-order chi connectivity index (χ0) is 10.3. The lowest BCUT2D eigenvalue weighted by molar-refractivity contribution is 0.182. The number of terminal acetylenes is 1. The molecule has 0 fully saturated rings. The highest BCUT2D eigenvalue weighted by atomic mass is 16.4. The molecule has 1 unspecified atom stereocenters. The van der Waals surface area contributed by atoms with E-state index >= 15 is 0 Å². The maximum Gasteiger partial charge on any atom is 0.404 e. The Morgan fingerprint density at radius 3 is 2.62 bits per heavy atom. The van der Waals surface area contributed by atoms with Crippen molar-refractivity contribution in [3.63, 3.8) is 0 Å². The summed E-state index contributed by atoms with van der Waals surface area (Å²) in [5, 5.41) is 19.8. The van der Waals surface area contributed by atoms with Gasteiger partial charge in [-0.25, -0.2) is 4.79 Å². The van der Waals surface area contributed by atoms with Gasteiger partial charge in [-0.15, -0.1) is 6.42 Å². The molecule has 2 atom stereocenters. The minimum absolute atomic E-state index is 0.125. The maximum absolute atomic E-state index is 10.3. The number of carboxylic acid groups (broad SMARTS) is 1. The molecule has 0 saturated heterocycles. The largest absolute Gasteiger partial charge is 0.465 e. The van der Waals surface area contributed by atoms with Gasteiger partial charge in [0.1, 0.15) is 6.10 Å². The van der Waals surface area contributed by atoms with E-state index in [1.54, 1.807) is 0 Å². The van der Waals surface area contributed by atoms with Crippen molar-refractivity contribution in [2.45, 2.75) is 38.3 Å². The lowest BCUT2D eigenvalue weighted by atomic mass is 10.1.